The molecule has 0 saturated carbocycles. The van der Waals surface area contributed by atoms with Crippen molar-refractivity contribution in [3.63, 3.8) is 0 Å². The monoisotopic (exact) mass is 386 g/mol. The van der Waals surface area contributed by atoms with Crippen LogP contribution in [-0.2, 0) is 10.0 Å². The molecule has 144 valence electrons. The highest BCUT2D eigenvalue weighted by molar-refractivity contribution is 7.88. The first-order chi connectivity index (χ1) is 12.9. The maximum atomic E-state index is 13.1. The van der Waals surface area contributed by atoms with Crippen molar-refractivity contribution < 1.29 is 13.2 Å². The minimum atomic E-state index is -3.20. The molecule has 2 aromatic carbocycles. The molecule has 0 radical (unpaired) electrons. The molecule has 0 aliphatic carbocycles. The van der Waals surface area contributed by atoms with Gasteiger partial charge in [-0.05, 0) is 28.8 Å². The predicted octanol–water partition coefficient (Wildman–Crippen LogP) is 3.37. The Kier molecular flexibility index (Phi) is 5.97. The van der Waals surface area contributed by atoms with Crippen LogP contribution in [0.5, 0.6) is 0 Å². The van der Waals surface area contributed by atoms with E-state index in [9.17, 15) is 13.2 Å². The number of hydrogen-bond acceptors (Lipinski definition) is 3. The van der Waals surface area contributed by atoms with Gasteiger partial charge in [0, 0.05) is 31.7 Å². The average molecular weight is 387 g/mol. The molecule has 0 atom stereocenters. The van der Waals surface area contributed by atoms with Crippen molar-refractivity contribution >= 4 is 32.8 Å². The Labute approximate surface area is 161 Å². The largest absolute Gasteiger partial charge is 0.336 e. The molecule has 0 N–H and O–H groups in total. The standard InChI is InChI=1S/C21H26N2O3S/c1-3-4-5-8-17-11-12-20(19-10-7-6-9-18(17)19)21(24)22-13-15-23(16-14-22)27(2,25)26/h5-12H,3-4,13-16H2,1-2H3/b8-5+. The van der Waals surface area contributed by atoms with E-state index in [1.165, 1.54) is 10.6 Å². The number of amides is 1. The third kappa shape index (κ3) is 4.39. The number of allylic oxidation sites excluding steroid dienone is 1. The van der Waals surface area contributed by atoms with Gasteiger partial charge in [-0.15, -0.1) is 0 Å². The van der Waals surface area contributed by atoms with E-state index in [0.29, 0.717) is 31.7 Å². The number of fused-ring (bicyclic) bond motifs is 1. The molecule has 5 nitrogen and oxygen atoms in total. The Morgan fingerprint density at radius 3 is 2.33 bits per heavy atom. The molecule has 6 heteroatoms. The van der Waals surface area contributed by atoms with Gasteiger partial charge in [0.25, 0.3) is 5.91 Å². The fraction of sp³-hybridized carbons (Fsp3) is 0.381. The van der Waals surface area contributed by atoms with Crippen LogP contribution in [0.4, 0.5) is 0 Å². The lowest BCUT2D eigenvalue weighted by Crippen LogP contribution is -2.50. The third-order valence-corrected chi connectivity index (χ3v) is 6.24. The lowest BCUT2D eigenvalue weighted by Gasteiger charge is -2.33. The average Bonchev–Trinajstić information content (AvgIpc) is 2.67. The van der Waals surface area contributed by atoms with Crippen molar-refractivity contribution in [3.05, 3.63) is 53.6 Å². The minimum absolute atomic E-state index is 0.0385. The number of rotatable bonds is 5. The number of hydrogen-bond donors (Lipinski definition) is 0. The highest BCUT2D eigenvalue weighted by atomic mass is 32.2. The van der Waals surface area contributed by atoms with Crippen molar-refractivity contribution in [3.8, 4) is 0 Å². The van der Waals surface area contributed by atoms with Crippen LogP contribution in [0.2, 0.25) is 0 Å². The van der Waals surface area contributed by atoms with E-state index in [0.717, 1.165) is 29.2 Å². The molecular formula is C21H26N2O3S. The second-order valence-corrected chi connectivity index (χ2v) is 8.88. The number of carbonyl (C=O) groups is 1. The van der Waals surface area contributed by atoms with Gasteiger partial charge in [-0.2, -0.15) is 4.31 Å². The summed E-state index contributed by atoms with van der Waals surface area (Å²) in [6, 6.07) is 11.8. The van der Waals surface area contributed by atoms with Gasteiger partial charge < -0.3 is 4.90 Å². The van der Waals surface area contributed by atoms with Crippen LogP contribution in [0, 0.1) is 0 Å². The Hall–Kier alpha value is -2.18. The quantitative estimate of drug-likeness (QED) is 0.792. The smallest absolute Gasteiger partial charge is 0.254 e. The highest BCUT2D eigenvalue weighted by Crippen LogP contribution is 2.25. The molecule has 0 spiro atoms. The fourth-order valence-electron chi connectivity index (χ4n) is 3.42. The number of nitrogens with zero attached hydrogens (tertiary/aromatic N) is 2. The van der Waals surface area contributed by atoms with E-state index in [2.05, 4.69) is 19.1 Å². The van der Waals surface area contributed by atoms with E-state index in [1.807, 2.05) is 36.4 Å². The summed E-state index contributed by atoms with van der Waals surface area (Å²) < 4.78 is 24.8. The first-order valence-corrected chi connectivity index (χ1v) is 11.2. The molecule has 0 aromatic heterocycles. The van der Waals surface area contributed by atoms with E-state index in [4.69, 9.17) is 0 Å². The molecule has 0 unspecified atom stereocenters. The van der Waals surface area contributed by atoms with Crippen LogP contribution in [-0.4, -0.2) is 56.0 Å². The lowest BCUT2D eigenvalue weighted by atomic mass is 9.98. The Bertz CT molecular complexity index is 959. The van der Waals surface area contributed by atoms with Crippen LogP contribution < -0.4 is 0 Å². The van der Waals surface area contributed by atoms with Crippen molar-refractivity contribution in [2.45, 2.75) is 19.8 Å². The van der Waals surface area contributed by atoms with Crippen LogP contribution in [0.1, 0.15) is 35.7 Å². The van der Waals surface area contributed by atoms with Gasteiger partial charge in [0.05, 0.1) is 6.26 Å². The van der Waals surface area contributed by atoms with Gasteiger partial charge in [0.1, 0.15) is 0 Å². The van der Waals surface area contributed by atoms with Crippen molar-refractivity contribution in [1.29, 1.82) is 0 Å². The minimum Gasteiger partial charge on any atom is -0.336 e. The summed E-state index contributed by atoms with van der Waals surface area (Å²) in [4.78, 5) is 14.8. The first kappa shape index (κ1) is 19.6. The molecule has 1 saturated heterocycles. The highest BCUT2D eigenvalue weighted by Gasteiger charge is 2.27. The van der Waals surface area contributed by atoms with Gasteiger partial charge in [-0.1, -0.05) is 55.8 Å². The normalized spacial score (nSPS) is 16.3. The van der Waals surface area contributed by atoms with Crippen molar-refractivity contribution in [2.24, 2.45) is 0 Å². The zero-order valence-electron chi connectivity index (χ0n) is 15.9. The Morgan fingerprint density at radius 1 is 1.04 bits per heavy atom. The summed E-state index contributed by atoms with van der Waals surface area (Å²) in [5.74, 6) is -0.0385. The summed E-state index contributed by atoms with van der Waals surface area (Å²) in [5, 5.41) is 2.00. The topological polar surface area (TPSA) is 57.7 Å². The maximum Gasteiger partial charge on any atom is 0.254 e. The van der Waals surface area contributed by atoms with E-state index in [-0.39, 0.29) is 5.91 Å². The number of benzene rings is 2. The molecular weight excluding hydrogens is 360 g/mol. The van der Waals surface area contributed by atoms with Crippen LogP contribution in [0.25, 0.3) is 16.8 Å². The van der Waals surface area contributed by atoms with Crippen molar-refractivity contribution in [2.75, 3.05) is 32.4 Å². The van der Waals surface area contributed by atoms with Gasteiger partial charge in [-0.25, -0.2) is 8.42 Å². The van der Waals surface area contributed by atoms with Gasteiger partial charge in [-0.3, -0.25) is 4.79 Å². The Morgan fingerprint density at radius 2 is 1.70 bits per heavy atom. The summed E-state index contributed by atoms with van der Waals surface area (Å²) in [7, 11) is -3.20. The third-order valence-electron chi connectivity index (χ3n) is 4.94. The molecule has 1 heterocycles. The SMILES string of the molecule is CCC/C=C/c1ccc(C(=O)N2CCN(S(C)(=O)=O)CC2)c2ccccc12. The summed E-state index contributed by atoms with van der Waals surface area (Å²) in [5.41, 5.74) is 1.78. The molecule has 3 rings (SSSR count). The molecule has 27 heavy (non-hydrogen) atoms. The molecule has 1 fully saturated rings. The van der Waals surface area contributed by atoms with Gasteiger partial charge in [0.2, 0.25) is 10.0 Å². The number of carbonyl (C=O) groups excluding carboxylic acids is 1. The molecule has 0 bridgehead atoms. The summed E-state index contributed by atoms with van der Waals surface area (Å²) in [6.07, 6.45) is 7.62. The number of sulfonamides is 1. The van der Waals surface area contributed by atoms with E-state index in [1.54, 1.807) is 4.90 Å². The maximum absolute atomic E-state index is 13.1. The van der Waals surface area contributed by atoms with Gasteiger partial charge >= 0.3 is 0 Å². The lowest BCUT2D eigenvalue weighted by molar-refractivity contribution is 0.0700. The van der Waals surface area contributed by atoms with E-state index >= 15 is 0 Å². The fourth-order valence-corrected chi connectivity index (χ4v) is 4.25. The number of unbranched alkanes of at least 4 members (excludes halogenated alkanes) is 1. The second kappa shape index (κ2) is 8.23. The summed E-state index contributed by atoms with van der Waals surface area (Å²) >= 11 is 0. The zero-order chi connectivity index (χ0) is 19.4. The number of piperazine rings is 1. The Balaban J connectivity index is 1.87. The van der Waals surface area contributed by atoms with E-state index < -0.39 is 10.0 Å². The second-order valence-electron chi connectivity index (χ2n) is 6.89. The molecule has 2 aromatic rings. The molecule has 1 amide bonds. The first-order valence-electron chi connectivity index (χ1n) is 9.34. The van der Waals surface area contributed by atoms with Crippen LogP contribution in [0.3, 0.4) is 0 Å². The predicted molar refractivity (Wildman–Crippen MR) is 110 cm³/mol. The van der Waals surface area contributed by atoms with Gasteiger partial charge in [0.15, 0.2) is 0 Å². The molecule has 1 aliphatic rings. The van der Waals surface area contributed by atoms with Crippen LogP contribution in [0.15, 0.2) is 42.5 Å². The zero-order valence-corrected chi connectivity index (χ0v) is 16.7. The van der Waals surface area contributed by atoms with Crippen LogP contribution >= 0.6 is 0 Å². The van der Waals surface area contributed by atoms with Crippen molar-refractivity contribution in [1.82, 2.24) is 9.21 Å². The molecule has 1 aliphatic heterocycles. The summed E-state index contributed by atoms with van der Waals surface area (Å²) in [6.45, 7) is 3.67.